The number of carbonyl (C=O) groups excluding carboxylic acids is 7. The number of imide groups is 1. The molecule has 3 aliphatic heterocycles. The molecule has 526 valence electrons. The van der Waals surface area contributed by atoms with E-state index in [4.69, 9.17) is 4.74 Å². The number of aliphatic carboxylic acids is 3. The summed E-state index contributed by atoms with van der Waals surface area (Å²) < 4.78 is 35.1. The number of rotatable bonds is 32. The van der Waals surface area contributed by atoms with Crippen molar-refractivity contribution in [3.8, 4) is 11.8 Å². The van der Waals surface area contributed by atoms with E-state index in [2.05, 4.69) is 53.7 Å². The smallest absolute Gasteiger partial charge is 0.317 e. The molecule has 7 N–H and O–H groups in total. The second-order valence-electron chi connectivity index (χ2n) is 26.1. The van der Waals surface area contributed by atoms with Crippen LogP contribution < -0.4 is 26.0 Å². The molecule has 7 amide bonds. The largest absolute Gasteiger partial charge is 0.494 e. The van der Waals surface area contributed by atoms with E-state index in [0.717, 1.165) is 33.4 Å². The summed E-state index contributed by atoms with van der Waals surface area (Å²) in [6, 6.07) is 13.9. The van der Waals surface area contributed by atoms with Gasteiger partial charge in [0.1, 0.15) is 17.8 Å². The van der Waals surface area contributed by atoms with Crippen LogP contribution in [0.3, 0.4) is 0 Å². The van der Waals surface area contributed by atoms with Gasteiger partial charge in [0.2, 0.25) is 35.4 Å². The summed E-state index contributed by atoms with van der Waals surface area (Å²) in [6.45, 7) is 8.81. The zero-order valence-corrected chi connectivity index (χ0v) is 57.4. The van der Waals surface area contributed by atoms with Crippen LogP contribution in [0.25, 0.3) is 10.9 Å². The van der Waals surface area contributed by atoms with E-state index in [1.807, 2.05) is 24.3 Å². The number of piperazine rings is 1. The number of amides is 7. The molecular formula is C66H92F2IN13O14. The molecule has 3 aliphatic rings. The fourth-order valence-corrected chi connectivity index (χ4v) is 12.6. The molecule has 0 aliphatic carbocycles. The maximum absolute atomic E-state index is 14.3. The lowest BCUT2D eigenvalue weighted by molar-refractivity contribution is -0.146. The molecule has 0 bridgehead atoms. The molecule has 0 unspecified atom stereocenters. The first-order valence-corrected chi connectivity index (χ1v) is 33.7. The van der Waals surface area contributed by atoms with Crippen molar-refractivity contribution in [3.05, 3.63) is 69.4 Å². The van der Waals surface area contributed by atoms with Gasteiger partial charge in [0.15, 0.2) is 0 Å². The summed E-state index contributed by atoms with van der Waals surface area (Å²) in [5.74, 6) is -9.76. The Kier molecular flexibility index (Phi) is 30.0. The van der Waals surface area contributed by atoms with Gasteiger partial charge in [-0.25, -0.2) is 8.78 Å². The van der Waals surface area contributed by atoms with E-state index in [1.165, 1.54) is 12.3 Å². The maximum atomic E-state index is 14.3. The first kappa shape index (κ1) is 77.4. The number of carbonyl (C=O) groups is 10. The van der Waals surface area contributed by atoms with Crippen LogP contribution in [-0.4, -0.2) is 269 Å². The normalized spacial score (nSPS) is 17.7. The predicted octanol–water partition coefficient (Wildman–Crippen LogP) is 2.99. The van der Waals surface area contributed by atoms with Crippen molar-refractivity contribution in [1.82, 2.24) is 60.6 Å². The van der Waals surface area contributed by atoms with Crippen LogP contribution in [0, 0.1) is 25.7 Å². The third kappa shape index (κ3) is 25.8. The molecule has 3 saturated heterocycles. The third-order valence-corrected chi connectivity index (χ3v) is 18.0. The zero-order chi connectivity index (χ0) is 70.2. The topological polar surface area (TPSA) is 348 Å². The van der Waals surface area contributed by atoms with Gasteiger partial charge in [-0.2, -0.15) is 5.26 Å². The monoisotopic (exact) mass is 1460 g/mol. The first-order valence-electron chi connectivity index (χ1n) is 32.6. The number of likely N-dealkylation sites (tertiary alicyclic amines) is 1. The number of nitriles is 1. The molecule has 0 spiro atoms. The number of alkyl halides is 2. The number of aryl methyl sites for hydroxylation is 1. The Labute approximate surface area is 572 Å². The minimum Gasteiger partial charge on any atom is -0.494 e. The van der Waals surface area contributed by atoms with Crippen LogP contribution in [0.2, 0.25) is 0 Å². The van der Waals surface area contributed by atoms with E-state index < -0.39 is 95.8 Å². The summed E-state index contributed by atoms with van der Waals surface area (Å²) in [5.41, 5.74) is -0.507. The molecule has 2 aromatic carbocycles. The summed E-state index contributed by atoms with van der Waals surface area (Å²) in [7, 11) is 0. The van der Waals surface area contributed by atoms with Gasteiger partial charge in [0.25, 0.3) is 11.8 Å². The van der Waals surface area contributed by atoms with E-state index in [1.54, 1.807) is 76.5 Å². The van der Waals surface area contributed by atoms with Crippen molar-refractivity contribution in [2.75, 3.05) is 138 Å². The number of ether oxygens (including phenoxy) is 1. The summed E-state index contributed by atoms with van der Waals surface area (Å²) in [5, 5.41) is 49.4. The second-order valence-corrected chi connectivity index (χ2v) is 27.4. The van der Waals surface area contributed by atoms with E-state index in [-0.39, 0.29) is 109 Å². The average molecular weight is 1460 g/mol. The Morgan fingerprint density at radius 3 is 1.88 bits per heavy atom. The van der Waals surface area contributed by atoms with E-state index >= 15 is 0 Å². The Hall–Kier alpha value is -7.57. The van der Waals surface area contributed by atoms with Crippen molar-refractivity contribution < 1.29 is 76.8 Å². The minimum atomic E-state index is -3.19. The van der Waals surface area contributed by atoms with Crippen LogP contribution in [0.5, 0.6) is 5.75 Å². The Morgan fingerprint density at radius 2 is 1.29 bits per heavy atom. The second kappa shape index (κ2) is 37.2. The number of aromatic nitrogens is 1. The van der Waals surface area contributed by atoms with Crippen LogP contribution in [0.4, 0.5) is 8.78 Å². The molecule has 27 nitrogen and oxygen atoms in total. The van der Waals surface area contributed by atoms with E-state index in [0.29, 0.717) is 88.1 Å². The molecule has 30 heteroatoms. The van der Waals surface area contributed by atoms with Gasteiger partial charge < -0.3 is 45.8 Å². The Morgan fingerprint density at radius 1 is 0.708 bits per heavy atom. The number of halogens is 3. The molecule has 6 rings (SSSR count). The van der Waals surface area contributed by atoms with Crippen molar-refractivity contribution in [2.24, 2.45) is 10.8 Å². The molecule has 1 aromatic heterocycles. The standard InChI is InChI=1S/C66H92F2IN13O14/c1-64(2,44-65(3,4)63(95)81-33-31-76(32-34-81)22-7-8-35-96-49-17-18-52-51(36-49)50(19-21-71-52)60(92)73-39-56(85)82-45-66(67,68)37-48(82)38-70)62(94)75-61(93)53(11-5-6-20-72-54(83)12-9-10-46-13-15-47(69)16-14-46)74-55(84)40-77-23-25-78(41-57(86)87)27-29-80(43-59(90)91)30-28-79(26-24-77)42-58(88)89/h13-19,21,36,48,53H,5-12,20,22-35,37,39-45H2,1-4H3,(H,72,83)(H,73,92)(H,74,84)(H,86,87)(H,88,89)(H,90,91)(H,75,93,94)/t48-,53+/m1/s1. The van der Waals surface area contributed by atoms with Crippen molar-refractivity contribution in [2.45, 2.75) is 110 Å². The highest BCUT2D eigenvalue weighted by molar-refractivity contribution is 14.1. The SMILES string of the molecule is CC(C)(CC(C)(C)C(=O)N1CCN(CCCCOc2ccc3nccc(C(=O)NCC(=O)N4CC(F)(F)C[C@@H]4C#N)c3c2)CC1)C(=O)NC(=O)[C@H](CCCCNC(=O)CCCc1ccc(I)cc1)NC(=O)CN1CCN(CC(=O)O)CCN(CC(=O)O)CCN(CC(=O)O)CC1. The summed E-state index contributed by atoms with van der Waals surface area (Å²) in [6.07, 6.45) is 4.76. The molecule has 0 saturated carbocycles. The number of benzene rings is 2. The molecule has 4 heterocycles. The average Bonchev–Trinajstić information content (AvgIpc) is 0.992. The van der Waals surface area contributed by atoms with Gasteiger partial charge in [-0.15, -0.1) is 0 Å². The van der Waals surface area contributed by atoms with Gasteiger partial charge in [-0.3, -0.25) is 82.7 Å². The summed E-state index contributed by atoms with van der Waals surface area (Å²) >= 11 is 2.24. The number of nitrogens with zero attached hydrogens (tertiary/aromatic N) is 9. The van der Waals surface area contributed by atoms with Gasteiger partial charge in [-0.1, -0.05) is 39.8 Å². The number of carboxylic acid groups (broad SMARTS) is 3. The number of carboxylic acids is 3. The van der Waals surface area contributed by atoms with Gasteiger partial charge in [0.05, 0.1) is 63.0 Å². The van der Waals surface area contributed by atoms with E-state index in [9.17, 15) is 77.3 Å². The highest BCUT2D eigenvalue weighted by Crippen LogP contribution is 2.36. The van der Waals surface area contributed by atoms with Gasteiger partial charge in [-0.05, 0) is 122 Å². The molecule has 96 heavy (non-hydrogen) atoms. The minimum absolute atomic E-state index is 0.0579. The number of fused-ring (bicyclic) bond motifs is 1. The number of unbranched alkanes of at least 4 members (excludes halogenated alkanes) is 2. The number of hydrogen-bond donors (Lipinski definition) is 7. The fraction of sp³-hybridized carbons (Fsp3) is 0.606. The molecule has 2 atom stereocenters. The van der Waals surface area contributed by atoms with Gasteiger partial charge >= 0.3 is 17.9 Å². The van der Waals surface area contributed by atoms with Crippen LogP contribution >= 0.6 is 22.6 Å². The molecule has 3 fully saturated rings. The number of hydrogen-bond acceptors (Lipinski definition) is 18. The predicted molar refractivity (Wildman–Crippen MR) is 357 cm³/mol. The number of pyridine rings is 1. The van der Waals surface area contributed by atoms with Crippen molar-refractivity contribution >= 4 is 92.8 Å². The first-order chi connectivity index (χ1) is 45.5. The Balaban J connectivity index is 0.997. The highest BCUT2D eigenvalue weighted by Gasteiger charge is 2.47. The lowest BCUT2D eigenvalue weighted by atomic mass is 9.73. The van der Waals surface area contributed by atoms with Gasteiger partial charge in [0, 0.05) is 124 Å². The van der Waals surface area contributed by atoms with Crippen LogP contribution in [0.1, 0.15) is 101 Å². The highest BCUT2D eigenvalue weighted by atomic mass is 127. The quantitative estimate of drug-likeness (QED) is 0.0349. The lowest BCUT2D eigenvalue weighted by Crippen LogP contribution is -2.55. The fourth-order valence-electron chi connectivity index (χ4n) is 12.2. The van der Waals surface area contributed by atoms with Crippen LogP contribution in [0.15, 0.2) is 54.7 Å². The van der Waals surface area contributed by atoms with Crippen molar-refractivity contribution in [1.29, 1.82) is 5.26 Å². The lowest BCUT2D eigenvalue weighted by Gasteiger charge is -2.40. The summed E-state index contributed by atoms with van der Waals surface area (Å²) in [4.78, 5) is 147. The number of nitrogens with one attached hydrogen (secondary N) is 4. The van der Waals surface area contributed by atoms with Crippen LogP contribution in [-0.2, 0) is 49.6 Å². The van der Waals surface area contributed by atoms with Crippen molar-refractivity contribution in [3.63, 3.8) is 0 Å². The Bertz CT molecular complexity index is 3210. The molecule has 0 radical (unpaired) electrons. The zero-order valence-electron chi connectivity index (χ0n) is 55.3. The molecular weight excluding hydrogens is 1360 g/mol. The molecule has 3 aromatic rings. The third-order valence-electron chi connectivity index (χ3n) is 17.3. The maximum Gasteiger partial charge on any atom is 0.317 e.